The summed E-state index contributed by atoms with van der Waals surface area (Å²) in [5.41, 5.74) is 6.62. The lowest BCUT2D eigenvalue weighted by atomic mass is 10.1. The van der Waals surface area contributed by atoms with Crippen molar-refractivity contribution in [3.63, 3.8) is 0 Å². The maximum absolute atomic E-state index is 13.3. The smallest absolute Gasteiger partial charge is 0.276 e. The highest BCUT2D eigenvalue weighted by Gasteiger charge is 2.27. The van der Waals surface area contributed by atoms with Gasteiger partial charge in [0.15, 0.2) is 11.5 Å². The van der Waals surface area contributed by atoms with Gasteiger partial charge in [-0.2, -0.15) is 12.7 Å². The molecule has 1 aromatic heterocycles. The number of rotatable bonds is 5. The number of hydrogen-bond acceptors (Lipinski definition) is 7. The van der Waals surface area contributed by atoms with Crippen LogP contribution >= 0.6 is 15.9 Å². The number of nitrogens with zero attached hydrogens (tertiary/aromatic N) is 4. The van der Waals surface area contributed by atoms with Gasteiger partial charge < -0.3 is 11.1 Å². The van der Waals surface area contributed by atoms with Gasteiger partial charge in [0.25, 0.3) is 10.2 Å². The number of halogens is 2. The number of piperidine rings is 1. The van der Waals surface area contributed by atoms with E-state index in [-0.39, 0.29) is 22.0 Å². The second-order valence-electron chi connectivity index (χ2n) is 5.92. The molecule has 0 bridgehead atoms. The van der Waals surface area contributed by atoms with Gasteiger partial charge in [0.2, 0.25) is 5.82 Å². The van der Waals surface area contributed by atoms with Gasteiger partial charge in [-0.25, -0.2) is 19.2 Å². The van der Waals surface area contributed by atoms with E-state index >= 15 is 0 Å². The number of benzene rings is 1. The number of hydrogen-bond donors (Lipinski definition) is 3. The van der Waals surface area contributed by atoms with Crippen molar-refractivity contribution in [3.8, 4) is 0 Å². The Hall–Kier alpha value is -2.09. The normalized spacial score (nSPS) is 17.2. The molecule has 0 saturated carbocycles. The fraction of sp³-hybridized carbons (Fsp3) is 0.357. The van der Waals surface area contributed by atoms with Crippen LogP contribution in [0.3, 0.4) is 0 Å². The molecule has 3 rings (SSSR count). The van der Waals surface area contributed by atoms with Crippen LogP contribution in [0, 0.1) is 5.82 Å². The van der Waals surface area contributed by atoms with E-state index in [9.17, 15) is 12.8 Å². The lowest BCUT2D eigenvalue weighted by Crippen LogP contribution is -2.45. The molecule has 146 valence electrons. The number of anilines is 1. The highest BCUT2D eigenvalue weighted by atomic mass is 79.9. The predicted octanol–water partition coefficient (Wildman–Crippen LogP) is 1.09. The fourth-order valence-corrected chi connectivity index (χ4v) is 3.73. The van der Waals surface area contributed by atoms with Gasteiger partial charge in [0, 0.05) is 19.1 Å². The molecule has 1 saturated heterocycles. The molecule has 0 amide bonds. The molecule has 0 spiro atoms. The van der Waals surface area contributed by atoms with E-state index in [1.54, 1.807) is 0 Å². The van der Waals surface area contributed by atoms with Crippen molar-refractivity contribution in [1.82, 2.24) is 14.6 Å². The van der Waals surface area contributed by atoms with Crippen molar-refractivity contribution in [1.29, 1.82) is 0 Å². The van der Waals surface area contributed by atoms with Crippen molar-refractivity contribution < 1.29 is 17.4 Å². The van der Waals surface area contributed by atoms with Gasteiger partial charge in [0.05, 0.1) is 10.2 Å². The molecule has 2 heterocycles. The first-order valence-electron chi connectivity index (χ1n) is 7.90. The van der Waals surface area contributed by atoms with Crippen LogP contribution in [-0.4, -0.2) is 48.0 Å². The Labute approximate surface area is 163 Å². The average Bonchev–Trinajstić information content (AvgIpc) is 3.06. The first-order valence-corrected chi connectivity index (χ1v) is 10.2. The molecule has 2 aromatic rings. The molecule has 1 aliphatic rings. The fourth-order valence-electron chi connectivity index (χ4n) is 2.65. The second-order valence-corrected chi connectivity index (χ2v) is 8.32. The van der Waals surface area contributed by atoms with Crippen LogP contribution in [0.15, 0.2) is 32.3 Å². The van der Waals surface area contributed by atoms with Crippen LogP contribution in [0.25, 0.3) is 0 Å². The van der Waals surface area contributed by atoms with E-state index in [1.165, 1.54) is 22.5 Å². The zero-order valence-electron chi connectivity index (χ0n) is 14.0. The molecule has 1 aromatic carbocycles. The number of amidine groups is 1. The zero-order valence-corrected chi connectivity index (χ0v) is 16.4. The third-order valence-electron chi connectivity index (χ3n) is 4.04. The summed E-state index contributed by atoms with van der Waals surface area (Å²) in [5, 5.41) is 15.8. The van der Waals surface area contributed by atoms with Crippen molar-refractivity contribution in [2.45, 2.75) is 18.9 Å². The van der Waals surface area contributed by atoms with Crippen molar-refractivity contribution >= 4 is 43.5 Å². The molecular formula is C14H17BrFN7O3S. The maximum Gasteiger partial charge on any atom is 0.276 e. The molecule has 13 heteroatoms. The Balaban J connectivity index is 1.71. The Kier molecular flexibility index (Phi) is 5.74. The Morgan fingerprint density at radius 1 is 1.37 bits per heavy atom. The number of aliphatic imine (C=N–C) groups is 1. The molecule has 0 unspecified atom stereocenters. The van der Waals surface area contributed by atoms with E-state index in [2.05, 4.69) is 36.6 Å². The third kappa shape index (κ3) is 4.80. The van der Waals surface area contributed by atoms with Crippen LogP contribution in [-0.2, 0) is 10.2 Å². The van der Waals surface area contributed by atoms with Crippen molar-refractivity contribution in [3.05, 3.63) is 34.2 Å². The van der Waals surface area contributed by atoms with Crippen LogP contribution < -0.4 is 16.2 Å². The van der Waals surface area contributed by atoms with Crippen LogP contribution in [0.1, 0.15) is 18.5 Å². The van der Waals surface area contributed by atoms with Crippen LogP contribution in [0.2, 0.25) is 0 Å². The molecule has 0 aliphatic carbocycles. The number of nitrogens with one attached hydrogen (secondary N) is 1. The number of nitrogens with two attached hydrogens (primary N) is 2. The monoisotopic (exact) mass is 461 g/mol. The van der Waals surface area contributed by atoms with E-state index < -0.39 is 16.0 Å². The molecule has 1 aliphatic heterocycles. The van der Waals surface area contributed by atoms with Gasteiger partial charge in [0.1, 0.15) is 5.82 Å². The largest absolute Gasteiger partial charge is 0.382 e. The summed E-state index contributed by atoms with van der Waals surface area (Å²) in [6.45, 7) is 0.592. The first-order chi connectivity index (χ1) is 12.7. The molecule has 5 N–H and O–H groups in total. The molecule has 10 nitrogen and oxygen atoms in total. The second kappa shape index (κ2) is 7.88. The van der Waals surface area contributed by atoms with Gasteiger partial charge >= 0.3 is 0 Å². The van der Waals surface area contributed by atoms with Crippen LogP contribution in [0.5, 0.6) is 0 Å². The standard InChI is InChI=1S/C14H17BrFN7O3S/c15-10-7-9(1-2-11(10)16)19-13(17)12-14(22-26-21-12)20-8-3-5-23(6-4-8)27(18,24)25/h1-2,7-8H,3-6H2,(H2,17,19)(H,20,22)(H2,18,24,25). The van der Waals surface area contributed by atoms with E-state index in [0.717, 1.165) is 0 Å². The summed E-state index contributed by atoms with van der Waals surface area (Å²) in [6.07, 6.45) is 1.06. The summed E-state index contributed by atoms with van der Waals surface area (Å²) < 4.78 is 42.3. The maximum atomic E-state index is 13.3. The minimum Gasteiger partial charge on any atom is -0.382 e. The quantitative estimate of drug-likeness (QED) is 0.444. The first kappa shape index (κ1) is 19.7. The summed E-state index contributed by atoms with van der Waals surface area (Å²) in [5.74, 6) is -0.0745. The highest BCUT2D eigenvalue weighted by molar-refractivity contribution is 9.10. The van der Waals surface area contributed by atoms with Crippen LogP contribution in [0.4, 0.5) is 15.9 Å². The van der Waals surface area contributed by atoms with E-state index in [4.69, 9.17) is 15.5 Å². The summed E-state index contributed by atoms with van der Waals surface area (Å²) >= 11 is 3.08. The molecule has 1 fully saturated rings. The van der Waals surface area contributed by atoms with E-state index in [1.807, 2.05) is 0 Å². The topological polar surface area (TPSA) is 153 Å². The van der Waals surface area contributed by atoms with Crippen molar-refractivity contribution in [2.24, 2.45) is 15.9 Å². The SMILES string of the molecule is NC(=Nc1ccc(F)c(Br)c1)c1nonc1NC1CCN(S(N)(=O)=O)CC1. The number of aromatic nitrogens is 2. The minimum absolute atomic E-state index is 0.0410. The Morgan fingerprint density at radius 3 is 2.70 bits per heavy atom. The molecule has 0 atom stereocenters. The molecule has 27 heavy (non-hydrogen) atoms. The lowest BCUT2D eigenvalue weighted by Gasteiger charge is -2.30. The molecule has 0 radical (unpaired) electrons. The minimum atomic E-state index is -3.68. The van der Waals surface area contributed by atoms with Gasteiger partial charge in [-0.05, 0) is 57.3 Å². The summed E-state index contributed by atoms with van der Waals surface area (Å²) in [4.78, 5) is 4.19. The van der Waals surface area contributed by atoms with E-state index in [0.29, 0.717) is 37.4 Å². The lowest BCUT2D eigenvalue weighted by molar-refractivity contribution is 0.305. The molecular weight excluding hydrogens is 445 g/mol. The highest BCUT2D eigenvalue weighted by Crippen LogP contribution is 2.23. The zero-order chi connectivity index (χ0) is 19.6. The average molecular weight is 462 g/mol. The predicted molar refractivity (Wildman–Crippen MR) is 100 cm³/mol. The summed E-state index contributed by atoms with van der Waals surface area (Å²) in [6, 6.07) is 4.15. The summed E-state index contributed by atoms with van der Waals surface area (Å²) in [7, 11) is -3.68. The van der Waals surface area contributed by atoms with Gasteiger partial charge in [-0.1, -0.05) is 0 Å². The Morgan fingerprint density at radius 2 is 2.07 bits per heavy atom. The van der Waals surface area contributed by atoms with Gasteiger partial charge in [-0.3, -0.25) is 0 Å². The third-order valence-corrected chi connectivity index (χ3v) is 5.73. The Bertz CT molecular complexity index is 957. The van der Waals surface area contributed by atoms with Gasteiger partial charge in [-0.15, -0.1) is 0 Å². The van der Waals surface area contributed by atoms with Crippen molar-refractivity contribution in [2.75, 3.05) is 18.4 Å².